The van der Waals surface area contributed by atoms with E-state index in [0.29, 0.717) is 6.42 Å². The van der Waals surface area contributed by atoms with Crippen LogP contribution in [-0.2, 0) is 84.5 Å². The van der Waals surface area contributed by atoms with Gasteiger partial charge < -0.3 is 59.2 Å². The molecule has 1 aliphatic heterocycles. The molecule has 1 saturated heterocycles. The maximum atomic E-state index is 13.8. The Morgan fingerprint density at radius 3 is 1.96 bits per heavy atom. The molecule has 2 heterocycles. The van der Waals surface area contributed by atoms with Crippen molar-refractivity contribution in [3.63, 3.8) is 0 Å². The highest BCUT2D eigenvalue weighted by Crippen LogP contribution is 2.34. The zero-order chi connectivity index (χ0) is 50.7. The summed E-state index contributed by atoms with van der Waals surface area (Å²) >= 11 is 0. The van der Waals surface area contributed by atoms with E-state index >= 15 is 0 Å². The average Bonchev–Trinajstić information content (AvgIpc) is 3.72. The average molecular weight is 962 g/mol. The summed E-state index contributed by atoms with van der Waals surface area (Å²) in [6, 6.07) is 5.53. The Hall–Kier alpha value is -6.85. The molecule has 4 amide bonds. The fraction of sp³-hybridized carbons (Fsp3) is 0.614. The molecule has 1 aromatic heterocycles. The van der Waals surface area contributed by atoms with Crippen LogP contribution in [-0.4, -0.2) is 137 Å². The van der Waals surface area contributed by atoms with E-state index in [9.17, 15) is 43.2 Å². The number of nitrogens with zero attached hydrogens (tertiary/aromatic N) is 3. The number of carbonyl (C=O) groups excluding carboxylic acids is 9. The molecule has 24 heteroatoms. The molecule has 0 aliphatic carbocycles. The van der Waals surface area contributed by atoms with Crippen LogP contribution >= 0.6 is 0 Å². The molecule has 0 spiro atoms. The molecule has 0 unspecified atom stereocenters. The Balaban J connectivity index is 1.70. The highest BCUT2D eigenvalue weighted by atomic mass is 16.7. The highest BCUT2D eigenvalue weighted by Gasteiger charge is 2.53. The second kappa shape index (κ2) is 26.5. The van der Waals surface area contributed by atoms with Crippen molar-refractivity contribution in [1.29, 1.82) is 0 Å². The summed E-state index contributed by atoms with van der Waals surface area (Å²) in [6.07, 6.45) is -6.64. The number of amides is 4. The van der Waals surface area contributed by atoms with Crippen LogP contribution in [0.4, 0.5) is 9.59 Å². The van der Waals surface area contributed by atoms with Gasteiger partial charge in [-0.25, -0.2) is 19.1 Å². The Kier molecular flexibility index (Phi) is 21.6. The SMILES string of the molecule is COC(=O)[C@@H](NC(=O)[C@H](CCCCNC(=O)OCc1cn([C@@H]2O[C@H](COC(C)=O)[C@H](OC(C)=O)[C@H](OC(C)=O)[C@H]2OC(C)=O)nn1)NC(=O)[C@H](Cc1ccccc1)NC(=O)OC(C)(C)C)C(C)C. The number of methoxy groups -OCH3 is 1. The number of unbranched alkanes of at least 4 members (excludes halogenated alkanes) is 1. The van der Waals surface area contributed by atoms with Gasteiger partial charge in [-0.15, -0.1) is 5.10 Å². The molecule has 68 heavy (non-hydrogen) atoms. The van der Waals surface area contributed by atoms with E-state index in [-0.39, 0.29) is 37.4 Å². The predicted molar refractivity (Wildman–Crippen MR) is 233 cm³/mol. The van der Waals surface area contributed by atoms with Gasteiger partial charge in [0.25, 0.3) is 0 Å². The molecule has 0 saturated carbocycles. The third-order valence-corrected chi connectivity index (χ3v) is 9.67. The fourth-order valence-electron chi connectivity index (χ4n) is 6.71. The number of rotatable bonds is 22. The van der Waals surface area contributed by atoms with Gasteiger partial charge in [-0.1, -0.05) is 49.4 Å². The topological polar surface area (TPSA) is 306 Å². The molecule has 0 radical (unpaired) electrons. The van der Waals surface area contributed by atoms with Crippen molar-refractivity contribution in [2.45, 2.75) is 149 Å². The van der Waals surface area contributed by atoms with E-state index in [1.54, 1.807) is 65.0 Å². The quantitative estimate of drug-likeness (QED) is 0.0744. The summed E-state index contributed by atoms with van der Waals surface area (Å²) in [7, 11) is 1.19. The lowest BCUT2D eigenvalue weighted by Crippen LogP contribution is -2.60. The normalized spacial score (nSPS) is 19.1. The first kappa shape index (κ1) is 55.5. The Labute approximate surface area is 393 Å². The second-order valence-electron chi connectivity index (χ2n) is 17.0. The van der Waals surface area contributed by atoms with E-state index in [1.165, 1.54) is 13.3 Å². The minimum absolute atomic E-state index is 0.0487. The zero-order valence-electron chi connectivity index (χ0n) is 39.9. The van der Waals surface area contributed by atoms with Crippen molar-refractivity contribution < 1.29 is 81.0 Å². The third kappa shape index (κ3) is 18.8. The van der Waals surface area contributed by atoms with Crippen molar-refractivity contribution in [3.8, 4) is 0 Å². The molecular formula is C44H63N7O17. The lowest BCUT2D eigenvalue weighted by atomic mass is 9.97. The molecule has 3 rings (SSSR count). The third-order valence-electron chi connectivity index (χ3n) is 9.67. The molecular weight excluding hydrogens is 899 g/mol. The summed E-state index contributed by atoms with van der Waals surface area (Å²) in [4.78, 5) is 114. The Bertz CT molecular complexity index is 2060. The number of nitrogens with one attached hydrogen (secondary N) is 4. The van der Waals surface area contributed by atoms with Crippen LogP contribution in [0.1, 0.15) is 99.1 Å². The number of carbonyl (C=O) groups is 9. The summed E-state index contributed by atoms with van der Waals surface area (Å²) < 4.78 is 44.2. The van der Waals surface area contributed by atoms with E-state index < -0.39 is 121 Å². The number of hydrogen-bond acceptors (Lipinski definition) is 19. The van der Waals surface area contributed by atoms with Crippen molar-refractivity contribution in [1.82, 2.24) is 36.3 Å². The van der Waals surface area contributed by atoms with Gasteiger partial charge in [0.1, 0.15) is 48.7 Å². The van der Waals surface area contributed by atoms with Crippen LogP contribution in [0.3, 0.4) is 0 Å². The van der Waals surface area contributed by atoms with E-state index in [4.69, 9.17) is 37.9 Å². The van der Waals surface area contributed by atoms with Gasteiger partial charge in [-0.2, -0.15) is 0 Å². The van der Waals surface area contributed by atoms with Crippen molar-refractivity contribution in [2.24, 2.45) is 5.92 Å². The van der Waals surface area contributed by atoms with Gasteiger partial charge in [-0.05, 0) is 51.5 Å². The molecule has 1 fully saturated rings. The van der Waals surface area contributed by atoms with Crippen LogP contribution in [0, 0.1) is 5.92 Å². The van der Waals surface area contributed by atoms with Gasteiger partial charge in [0.05, 0.1) is 13.3 Å². The predicted octanol–water partition coefficient (Wildman–Crippen LogP) is 1.86. The highest BCUT2D eigenvalue weighted by molar-refractivity contribution is 5.93. The summed E-state index contributed by atoms with van der Waals surface area (Å²) in [5.74, 6) is -5.54. The van der Waals surface area contributed by atoms with Crippen molar-refractivity contribution >= 4 is 53.8 Å². The van der Waals surface area contributed by atoms with Gasteiger partial charge >= 0.3 is 42.0 Å². The lowest BCUT2D eigenvalue weighted by Gasteiger charge is -2.44. The molecule has 24 nitrogen and oxygen atoms in total. The first-order valence-corrected chi connectivity index (χ1v) is 21.8. The van der Waals surface area contributed by atoms with E-state index in [1.807, 2.05) is 0 Å². The zero-order valence-corrected chi connectivity index (χ0v) is 39.9. The number of aromatic nitrogens is 3. The maximum Gasteiger partial charge on any atom is 0.408 e. The van der Waals surface area contributed by atoms with Crippen LogP contribution in [0.5, 0.6) is 0 Å². The summed E-state index contributed by atoms with van der Waals surface area (Å²) in [5, 5.41) is 18.6. The second-order valence-corrected chi connectivity index (χ2v) is 17.0. The number of benzene rings is 1. The molecule has 4 N–H and O–H groups in total. The number of hydrogen-bond donors (Lipinski definition) is 4. The number of esters is 5. The molecule has 8 atom stereocenters. The first-order chi connectivity index (χ1) is 32.0. The number of alkyl carbamates (subject to hydrolysis) is 2. The standard InChI is InChI=1S/C44H63N7O17/c1-24(2)34(41(58)61-10)48-38(56)31(46-39(57)32(20-29-16-12-11-13-17-29)47-43(60)68-44(7,8)9)18-14-15-19-45-42(59)63-22-30-21-51(50-49-30)40-37(66-28(6)55)36(65-27(5)54)35(64-26(4)53)33(67-40)23-62-25(3)52/h11-13,16-17,21,24,31-37,40H,14-15,18-20,22-23H2,1-10H3,(H,45,59)(H,46,57)(H,47,60)(H,48,56)/t31-,32-,33+,34-,35-,36-,37+,40+/m0/s1. The Morgan fingerprint density at radius 1 is 0.750 bits per heavy atom. The van der Waals surface area contributed by atoms with Gasteiger partial charge in [0.2, 0.25) is 11.8 Å². The van der Waals surface area contributed by atoms with Gasteiger partial charge in [-0.3, -0.25) is 28.8 Å². The van der Waals surface area contributed by atoms with Crippen LogP contribution in [0.2, 0.25) is 0 Å². The van der Waals surface area contributed by atoms with Gasteiger partial charge in [0.15, 0.2) is 24.5 Å². The minimum Gasteiger partial charge on any atom is -0.467 e. The van der Waals surface area contributed by atoms with E-state index in [2.05, 4.69) is 31.6 Å². The minimum atomic E-state index is -1.46. The summed E-state index contributed by atoms with van der Waals surface area (Å²) in [5.41, 5.74) is -0.0447. The smallest absolute Gasteiger partial charge is 0.408 e. The van der Waals surface area contributed by atoms with Crippen LogP contribution in [0.15, 0.2) is 36.5 Å². The van der Waals surface area contributed by atoms with Crippen LogP contribution in [0.25, 0.3) is 0 Å². The lowest BCUT2D eigenvalue weighted by molar-refractivity contribution is -0.270. The van der Waals surface area contributed by atoms with Gasteiger partial charge in [0, 0.05) is 40.7 Å². The number of ether oxygens (including phenoxy) is 8. The first-order valence-electron chi connectivity index (χ1n) is 21.8. The van der Waals surface area contributed by atoms with Crippen molar-refractivity contribution in [2.75, 3.05) is 20.3 Å². The maximum absolute atomic E-state index is 13.8. The van der Waals surface area contributed by atoms with Crippen molar-refractivity contribution in [3.05, 3.63) is 47.8 Å². The Morgan fingerprint density at radius 2 is 1.37 bits per heavy atom. The molecule has 1 aliphatic rings. The molecule has 2 aromatic rings. The van der Waals surface area contributed by atoms with E-state index in [0.717, 1.165) is 37.9 Å². The molecule has 0 bridgehead atoms. The molecule has 1 aromatic carbocycles. The molecule has 376 valence electrons. The summed E-state index contributed by atoms with van der Waals surface area (Å²) in [6.45, 7) is 12.0. The fourth-order valence-corrected chi connectivity index (χ4v) is 6.71. The van der Waals surface area contributed by atoms with Crippen LogP contribution < -0.4 is 21.3 Å². The largest absolute Gasteiger partial charge is 0.467 e. The monoisotopic (exact) mass is 961 g/mol.